The molecule has 1 aliphatic carbocycles. The summed E-state index contributed by atoms with van der Waals surface area (Å²) in [5.41, 5.74) is -0.106. The minimum absolute atomic E-state index is 0.00908. The Morgan fingerprint density at radius 2 is 1.82 bits per heavy atom. The molecule has 0 aromatic heterocycles. The zero-order valence-corrected chi connectivity index (χ0v) is 26.7. The molecule has 0 heterocycles. The Morgan fingerprint density at radius 3 is 2.41 bits per heavy atom. The van der Waals surface area contributed by atoms with Gasteiger partial charge in [-0.05, 0) is 77.0 Å². The first kappa shape index (κ1) is 35.6. The van der Waals surface area contributed by atoms with E-state index in [4.69, 9.17) is 9.47 Å². The summed E-state index contributed by atoms with van der Waals surface area (Å²) in [5, 5.41) is 33.1. The Labute approximate surface area is 268 Å². The van der Waals surface area contributed by atoms with Gasteiger partial charge in [0.1, 0.15) is 12.2 Å². The van der Waals surface area contributed by atoms with Crippen LogP contribution >= 0.6 is 22.6 Å². The van der Waals surface area contributed by atoms with Crippen LogP contribution in [0.2, 0.25) is 0 Å². The molecule has 0 radical (unpaired) electrons. The van der Waals surface area contributed by atoms with E-state index < -0.39 is 41.8 Å². The minimum Gasteiger partial charge on any atom is -0.493 e. The van der Waals surface area contributed by atoms with Crippen molar-refractivity contribution >= 4 is 34.4 Å². The second-order valence-corrected chi connectivity index (χ2v) is 11.6. The van der Waals surface area contributed by atoms with Gasteiger partial charge in [0.15, 0.2) is 11.5 Å². The molecule has 3 rings (SSSR count). The molecule has 13 heteroatoms. The molecule has 2 amide bonds. The number of hydrogen-bond acceptors (Lipinski definition) is 7. The number of halogens is 4. The van der Waals surface area contributed by atoms with E-state index in [1.54, 1.807) is 12.1 Å². The first-order valence-corrected chi connectivity index (χ1v) is 15.4. The van der Waals surface area contributed by atoms with Gasteiger partial charge in [-0.15, -0.1) is 0 Å². The molecule has 0 bridgehead atoms. The van der Waals surface area contributed by atoms with Crippen molar-refractivity contribution in [1.29, 1.82) is 0 Å². The molecule has 0 saturated heterocycles. The van der Waals surface area contributed by atoms with Gasteiger partial charge in [-0.25, -0.2) is 0 Å². The topological polar surface area (TPSA) is 129 Å². The van der Waals surface area contributed by atoms with Gasteiger partial charge >= 0.3 is 6.18 Å². The van der Waals surface area contributed by atoms with Crippen LogP contribution in [0.1, 0.15) is 60.5 Å². The number of aliphatic hydroxyl groups excluding tert-OH is 3. The molecule has 3 atom stereocenters. The van der Waals surface area contributed by atoms with E-state index in [2.05, 4.69) is 5.32 Å². The Hall–Kier alpha value is -2.88. The average Bonchev–Trinajstić information content (AvgIpc) is 3.01. The highest BCUT2D eigenvalue weighted by molar-refractivity contribution is 14.1. The van der Waals surface area contributed by atoms with E-state index in [9.17, 15) is 38.1 Å². The average molecular weight is 735 g/mol. The summed E-state index contributed by atoms with van der Waals surface area (Å²) in [6.45, 7) is 1.66. The minimum atomic E-state index is -4.57. The second-order valence-electron chi connectivity index (χ2n) is 10.4. The summed E-state index contributed by atoms with van der Waals surface area (Å²) in [7, 11) is 1.42. The predicted molar refractivity (Wildman–Crippen MR) is 165 cm³/mol. The Morgan fingerprint density at radius 1 is 1.11 bits per heavy atom. The lowest BCUT2D eigenvalue weighted by Crippen LogP contribution is -2.55. The van der Waals surface area contributed by atoms with Gasteiger partial charge < -0.3 is 35.0 Å². The number of nitrogens with one attached hydrogen (secondary N) is 1. The lowest BCUT2D eigenvalue weighted by atomic mass is 9.87. The number of benzene rings is 2. The fourth-order valence-corrected chi connectivity index (χ4v) is 5.78. The Bertz CT molecular complexity index is 1300. The molecular formula is C31H38F3IN2O7. The van der Waals surface area contributed by atoms with Crippen LogP contribution in [0, 0.1) is 3.57 Å². The highest BCUT2D eigenvalue weighted by atomic mass is 127. The molecule has 2 aromatic carbocycles. The van der Waals surface area contributed by atoms with Gasteiger partial charge in [0.25, 0.3) is 5.91 Å². The van der Waals surface area contributed by atoms with E-state index in [0.29, 0.717) is 15.6 Å². The van der Waals surface area contributed by atoms with Crippen LogP contribution in [0.3, 0.4) is 0 Å². The fourth-order valence-electron chi connectivity index (χ4n) is 4.99. The number of nitrogens with zero attached hydrogens (tertiary/aromatic N) is 1. The SMILES string of the molecule is CCCCCCN(C(=O)c1ccc(C(F)(F)F)cc1)[C@@H]1CC(C(=O)NCCO)=C[C@H](Oc2c(I)cc(CO)cc2OC)[C@H]1O. The normalized spacial score (nSPS) is 18.4. The number of carbonyl (C=O) groups excluding carboxylic acids is 2. The lowest BCUT2D eigenvalue weighted by Gasteiger charge is -2.41. The van der Waals surface area contributed by atoms with Crippen LogP contribution in [0.25, 0.3) is 0 Å². The van der Waals surface area contributed by atoms with E-state index in [1.165, 1.54) is 18.1 Å². The van der Waals surface area contributed by atoms with Crippen LogP contribution in [0.4, 0.5) is 13.2 Å². The molecule has 0 aliphatic heterocycles. The third-order valence-electron chi connectivity index (χ3n) is 7.31. The number of carbonyl (C=O) groups is 2. The quantitative estimate of drug-likeness (QED) is 0.167. The maximum absolute atomic E-state index is 13.8. The molecule has 0 fully saturated rings. The molecule has 1 aliphatic rings. The summed E-state index contributed by atoms with van der Waals surface area (Å²) in [5.74, 6) is -0.568. The van der Waals surface area contributed by atoms with Crippen molar-refractivity contribution < 1.29 is 47.6 Å². The summed E-state index contributed by atoms with van der Waals surface area (Å²) in [6.07, 6.45) is -2.46. The molecule has 4 N–H and O–H groups in total. The lowest BCUT2D eigenvalue weighted by molar-refractivity contribution is -0.137. The molecule has 0 unspecified atom stereocenters. The second kappa shape index (κ2) is 16.4. The van der Waals surface area contributed by atoms with Crippen molar-refractivity contribution in [3.63, 3.8) is 0 Å². The number of methoxy groups -OCH3 is 1. The van der Waals surface area contributed by atoms with Crippen LogP contribution < -0.4 is 14.8 Å². The number of rotatable bonds is 14. The van der Waals surface area contributed by atoms with Crippen LogP contribution in [0.15, 0.2) is 48.0 Å². The molecule has 44 heavy (non-hydrogen) atoms. The number of amides is 2. The molecule has 2 aromatic rings. The zero-order chi connectivity index (χ0) is 32.4. The maximum atomic E-state index is 13.8. The van der Waals surface area contributed by atoms with Gasteiger partial charge in [-0.2, -0.15) is 13.2 Å². The highest BCUT2D eigenvalue weighted by Gasteiger charge is 2.41. The first-order chi connectivity index (χ1) is 20.9. The maximum Gasteiger partial charge on any atom is 0.416 e. The van der Waals surface area contributed by atoms with E-state index >= 15 is 0 Å². The van der Waals surface area contributed by atoms with Gasteiger partial charge in [0, 0.05) is 30.6 Å². The van der Waals surface area contributed by atoms with Crippen molar-refractivity contribution in [2.75, 3.05) is 26.8 Å². The van der Waals surface area contributed by atoms with Crippen molar-refractivity contribution in [3.8, 4) is 11.5 Å². The summed E-state index contributed by atoms with van der Waals surface area (Å²) < 4.78 is 51.8. The monoisotopic (exact) mass is 734 g/mol. The zero-order valence-electron chi connectivity index (χ0n) is 24.6. The molecule has 0 saturated carbocycles. The molecule has 9 nitrogen and oxygen atoms in total. The smallest absolute Gasteiger partial charge is 0.416 e. The summed E-state index contributed by atoms with van der Waals surface area (Å²) in [4.78, 5) is 28.3. The predicted octanol–water partition coefficient (Wildman–Crippen LogP) is 4.45. The molecule has 242 valence electrons. The Balaban J connectivity index is 2.03. The molecular weight excluding hydrogens is 696 g/mol. The van der Waals surface area contributed by atoms with Crippen LogP contribution in [0.5, 0.6) is 11.5 Å². The third kappa shape index (κ3) is 9.08. The van der Waals surface area contributed by atoms with Crippen molar-refractivity contribution in [1.82, 2.24) is 10.2 Å². The number of hydrogen-bond donors (Lipinski definition) is 4. The van der Waals surface area contributed by atoms with Crippen molar-refractivity contribution in [2.24, 2.45) is 0 Å². The fraction of sp³-hybridized carbons (Fsp3) is 0.484. The number of alkyl halides is 3. The van der Waals surface area contributed by atoms with Gasteiger partial charge in [-0.1, -0.05) is 26.2 Å². The van der Waals surface area contributed by atoms with Gasteiger partial charge in [0.2, 0.25) is 5.91 Å². The summed E-state index contributed by atoms with van der Waals surface area (Å²) in [6, 6.07) is 6.17. The van der Waals surface area contributed by atoms with E-state index in [1.807, 2.05) is 29.5 Å². The van der Waals surface area contributed by atoms with Crippen molar-refractivity contribution in [2.45, 2.75) is 70.1 Å². The first-order valence-electron chi connectivity index (χ1n) is 14.3. The molecule has 0 spiro atoms. The standard InChI is InChI=1S/C31H38F3IN2O7/c1-3-4-5-6-12-37(30(42)20-7-9-22(10-8-20)31(32,33)34)24-16-21(29(41)36-11-13-38)17-25(27(24)40)44-28-23(35)14-19(18-39)15-26(28)43-2/h7-10,14-15,17,24-25,27,38-40H,3-6,11-13,16,18H2,1-2H3,(H,36,41)/t24-,25+,27+/m1/s1. The number of unbranched alkanes of at least 4 members (excludes halogenated alkanes) is 3. The van der Waals surface area contributed by atoms with Crippen LogP contribution in [-0.4, -0.2) is 77.1 Å². The van der Waals surface area contributed by atoms with Crippen molar-refractivity contribution in [3.05, 3.63) is 68.3 Å². The highest BCUT2D eigenvalue weighted by Crippen LogP contribution is 2.37. The summed E-state index contributed by atoms with van der Waals surface area (Å²) >= 11 is 2.00. The number of ether oxygens (including phenoxy) is 2. The van der Waals surface area contributed by atoms with Crippen LogP contribution in [-0.2, 0) is 17.6 Å². The van der Waals surface area contributed by atoms with E-state index in [0.717, 1.165) is 43.5 Å². The number of aliphatic hydroxyl groups is 3. The van der Waals surface area contributed by atoms with Gasteiger partial charge in [0.05, 0.1) is 35.5 Å². The van der Waals surface area contributed by atoms with Gasteiger partial charge in [-0.3, -0.25) is 9.59 Å². The van der Waals surface area contributed by atoms with E-state index in [-0.39, 0.29) is 55.4 Å². The third-order valence-corrected chi connectivity index (χ3v) is 8.11. The largest absolute Gasteiger partial charge is 0.493 e. The Kier molecular flexibility index (Phi) is 13.3.